The summed E-state index contributed by atoms with van der Waals surface area (Å²) in [5, 5.41) is 4.90. The number of amides is 1. The van der Waals surface area contributed by atoms with Crippen LogP contribution in [0.15, 0.2) is 42.5 Å². The van der Waals surface area contributed by atoms with Crippen molar-refractivity contribution >= 4 is 5.91 Å². The van der Waals surface area contributed by atoms with Gasteiger partial charge in [-0.15, -0.1) is 0 Å². The van der Waals surface area contributed by atoms with Gasteiger partial charge in [-0.2, -0.15) is 5.10 Å². The van der Waals surface area contributed by atoms with Crippen LogP contribution in [-0.2, 0) is 24.2 Å². The first-order chi connectivity index (χ1) is 17.0. The highest BCUT2D eigenvalue weighted by Crippen LogP contribution is 2.30. The van der Waals surface area contributed by atoms with Crippen LogP contribution in [0.4, 0.5) is 8.78 Å². The molecule has 186 valence electrons. The molecule has 0 saturated heterocycles. The first-order valence-electron chi connectivity index (χ1n) is 11.7. The number of methoxy groups -OCH3 is 2. The molecule has 4 rings (SSSR count). The number of hydrogen-bond acceptors (Lipinski definition) is 5. The summed E-state index contributed by atoms with van der Waals surface area (Å²) in [5.74, 6) is -1.84. The predicted octanol–water partition coefficient (Wildman–Crippen LogP) is 3.83. The Bertz CT molecular complexity index is 1180. The molecule has 0 aliphatic carbocycles. The number of carbonyl (C=O) groups is 1. The molecule has 7 nitrogen and oxygen atoms in total. The molecule has 35 heavy (non-hydrogen) atoms. The summed E-state index contributed by atoms with van der Waals surface area (Å²) in [6, 6.07) is 11.0. The second-order valence-electron chi connectivity index (χ2n) is 8.39. The van der Waals surface area contributed by atoms with E-state index < -0.39 is 23.1 Å². The van der Waals surface area contributed by atoms with E-state index in [-0.39, 0.29) is 19.7 Å². The number of benzene rings is 2. The van der Waals surface area contributed by atoms with Crippen LogP contribution in [-0.4, -0.2) is 65.9 Å². The molecule has 0 spiro atoms. The molecule has 0 atom stereocenters. The maximum atomic E-state index is 14.4. The Labute approximate surface area is 203 Å². The van der Waals surface area contributed by atoms with Crippen molar-refractivity contribution < 1.29 is 23.0 Å². The number of hydrogen-bond donors (Lipinski definition) is 0. The van der Waals surface area contributed by atoms with E-state index >= 15 is 0 Å². The molecule has 9 heteroatoms. The van der Waals surface area contributed by atoms with Gasteiger partial charge in [0.15, 0.2) is 0 Å². The highest BCUT2D eigenvalue weighted by Gasteiger charge is 2.29. The lowest BCUT2D eigenvalue weighted by Crippen LogP contribution is -2.36. The van der Waals surface area contributed by atoms with E-state index in [0.717, 1.165) is 48.6 Å². The predicted molar refractivity (Wildman–Crippen MR) is 128 cm³/mol. The van der Waals surface area contributed by atoms with Crippen molar-refractivity contribution in [3.8, 4) is 11.4 Å². The van der Waals surface area contributed by atoms with Crippen molar-refractivity contribution in [2.45, 2.75) is 26.4 Å². The van der Waals surface area contributed by atoms with Gasteiger partial charge in [-0.05, 0) is 30.8 Å². The Morgan fingerprint density at radius 1 is 1.11 bits per heavy atom. The molecule has 1 amide bonds. The zero-order chi connectivity index (χ0) is 24.9. The number of para-hydroxylation sites is 2. The lowest BCUT2D eigenvalue weighted by atomic mass is 10.0. The molecule has 3 aromatic rings. The van der Waals surface area contributed by atoms with Crippen LogP contribution in [0.3, 0.4) is 0 Å². The van der Waals surface area contributed by atoms with E-state index in [2.05, 4.69) is 11.8 Å². The fourth-order valence-electron chi connectivity index (χ4n) is 4.44. The third-order valence-electron chi connectivity index (χ3n) is 6.35. The van der Waals surface area contributed by atoms with Gasteiger partial charge < -0.3 is 14.4 Å². The van der Waals surface area contributed by atoms with Crippen LogP contribution in [0.25, 0.3) is 5.69 Å². The van der Waals surface area contributed by atoms with Crippen molar-refractivity contribution in [3.63, 3.8) is 0 Å². The van der Waals surface area contributed by atoms with Gasteiger partial charge in [0, 0.05) is 38.7 Å². The number of rotatable bonds is 9. The van der Waals surface area contributed by atoms with E-state index in [9.17, 15) is 13.6 Å². The first kappa shape index (κ1) is 24.8. The van der Waals surface area contributed by atoms with Crippen LogP contribution in [0.5, 0.6) is 5.75 Å². The summed E-state index contributed by atoms with van der Waals surface area (Å²) in [6.45, 7) is 5.02. The first-order valence-corrected chi connectivity index (χ1v) is 11.7. The van der Waals surface area contributed by atoms with Gasteiger partial charge in [0.2, 0.25) is 0 Å². The fourth-order valence-corrected chi connectivity index (χ4v) is 4.44. The van der Waals surface area contributed by atoms with E-state index in [1.807, 2.05) is 28.9 Å². The molecule has 1 aliphatic heterocycles. The highest BCUT2D eigenvalue weighted by atomic mass is 19.1. The minimum Gasteiger partial charge on any atom is -0.494 e. The topological polar surface area (TPSA) is 59.8 Å². The largest absolute Gasteiger partial charge is 0.494 e. The molecule has 1 aromatic heterocycles. The van der Waals surface area contributed by atoms with Gasteiger partial charge in [-0.1, -0.05) is 25.1 Å². The van der Waals surface area contributed by atoms with Crippen molar-refractivity contribution in [1.29, 1.82) is 0 Å². The smallest absolute Gasteiger partial charge is 0.260 e. The maximum absolute atomic E-state index is 14.4. The van der Waals surface area contributed by atoms with Gasteiger partial charge in [-0.3, -0.25) is 9.69 Å². The monoisotopic (exact) mass is 484 g/mol. The van der Waals surface area contributed by atoms with Crippen LogP contribution in [0.1, 0.15) is 34.2 Å². The van der Waals surface area contributed by atoms with Gasteiger partial charge in [0.1, 0.15) is 28.6 Å². The summed E-state index contributed by atoms with van der Waals surface area (Å²) < 4.78 is 41.5. The minimum atomic E-state index is -0.892. The molecule has 2 aromatic carbocycles. The molecular weight excluding hydrogens is 454 g/mol. The molecule has 0 unspecified atom stereocenters. The average molecular weight is 485 g/mol. The summed E-state index contributed by atoms with van der Waals surface area (Å²) in [5.41, 5.74) is 2.98. The van der Waals surface area contributed by atoms with Crippen molar-refractivity contribution in [2.24, 2.45) is 0 Å². The number of aromatic nitrogens is 2. The summed E-state index contributed by atoms with van der Waals surface area (Å²) in [6.07, 6.45) is 0.780. The summed E-state index contributed by atoms with van der Waals surface area (Å²) in [4.78, 5) is 17.0. The zero-order valence-electron chi connectivity index (χ0n) is 20.3. The number of carbonyl (C=O) groups excluding carboxylic acids is 1. The Morgan fingerprint density at radius 3 is 2.54 bits per heavy atom. The Hall–Kier alpha value is -3.30. The Kier molecular flexibility index (Phi) is 7.77. The summed E-state index contributed by atoms with van der Waals surface area (Å²) >= 11 is 0. The molecular formula is C26H30F2N4O3. The van der Waals surface area contributed by atoms with Crippen LogP contribution in [0, 0.1) is 11.6 Å². The van der Waals surface area contributed by atoms with Gasteiger partial charge in [-0.25, -0.2) is 13.5 Å². The number of ether oxygens (including phenoxy) is 2. The van der Waals surface area contributed by atoms with Crippen LogP contribution < -0.4 is 4.74 Å². The van der Waals surface area contributed by atoms with Gasteiger partial charge >= 0.3 is 0 Å². The standard InChI is InChI=1S/C26H30F2N4O3/c1-4-30-13-12-22-18(16-30)21(29-32(22)23-10-5-6-11-24(23)35-3)17-31(14-15-34-2)26(33)25-19(27)8-7-9-20(25)28/h5-11H,4,12-17H2,1-3H3. The van der Waals surface area contributed by atoms with Crippen molar-refractivity contribution in [2.75, 3.05) is 40.5 Å². The molecule has 0 radical (unpaired) electrons. The third kappa shape index (κ3) is 5.06. The molecule has 0 N–H and O–H groups in total. The molecule has 0 fully saturated rings. The van der Waals surface area contributed by atoms with Gasteiger partial charge in [0.25, 0.3) is 5.91 Å². The van der Waals surface area contributed by atoms with Crippen LogP contribution in [0.2, 0.25) is 0 Å². The zero-order valence-corrected chi connectivity index (χ0v) is 20.3. The van der Waals surface area contributed by atoms with E-state index in [1.54, 1.807) is 7.11 Å². The van der Waals surface area contributed by atoms with E-state index in [0.29, 0.717) is 18.0 Å². The minimum absolute atomic E-state index is 0.0952. The number of halogens is 2. The molecule has 1 aliphatic rings. The van der Waals surface area contributed by atoms with Crippen LogP contribution >= 0.6 is 0 Å². The number of nitrogens with zero attached hydrogens (tertiary/aromatic N) is 4. The van der Waals surface area contributed by atoms with Crippen molar-refractivity contribution in [3.05, 3.63) is 76.6 Å². The fraction of sp³-hybridized carbons (Fsp3) is 0.385. The van der Waals surface area contributed by atoms with E-state index in [1.165, 1.54) is 18.1 Å². The Morgan fingerprint density at radius 2 is 1.86 bits per heavy atom. The Balaban J connectivity index is 1.77. The molecule has 0 bridgehead atoms. The lowest BCUT2D eigenvalue weighted by Gasteiger charge is -2.27. The maximum Gasteiger partial charge on any atom is 0.260 e. The lowest BCUT2D eigenvalue weighted by molar-refractivity contribution is 0.0667. The summed E-state index contributed by atoms with van der Waals surface area (Å²) in [7, 11) is 3.13. The van der Waals surface area contributed by atoms with E-state index in [4.69, 9.17) is 14.6 Å². The number of fused-ring (bicyclic) bond motifs is 1. The third-order valence-corrected chi connectivity index (χ3v) is 6.35. The average Bonchev–Trinajstić information content (AvgIpc) is 3.23. The highest BCUT2D eigenvalue weighted by molar-refractivity contribution is 5.94. The number of likely N-dealkylation sites (N-methyl/N-ethyl adjacent to an activating group) is 1. The quantitative estimate of drug-likeness (QED) is 0.462. The molecule has 2 heterocycles. The van der Waals surface area contributed by atoms with Gasteiger partial charge in [0.05, 0.1) is 31.6 Å². The SMILES string of the molecule is CCN1CCc2c(c(CN(CCOC)C(=O)c3c(F)cccc3F)nn2-c2ccccc2OC)C1. The second-order valence-corrected chi connectivity index (χ2v) is 8.39. The second kappa shape index (κ2) is 11.0. The van der Waals surface area contributed by atoms with Crippen molar-refractivity contribution in [1.82, 2.24) is 19.6 Å². The molecule has 0 saturated carbocycles. The normalized spacial score (nSPS) is 13.5.